The van der Waals surface area contributed by atoms with E-state index < -0.39 is 0 Å². The molecule has 0 radical (unpaired) electrons. The van der Waals surface area contributed by atoms with Crippen molar-refractivity contribution in [1.29, 1.82) is 0 Å². The van der Waals surface area contributed by atoms with Gasteiger partial charge in [0, 0.05) is 11.1 Å². The average Bonchev–Trinajstić information content (AvgIpc) is 2.78. The van der Waals surface area contributed by atoms with Crippen LogP contribution in [0.15, 0.2) is 24.3 Å². The standard InChI is InChI=1S/C15H19ClN2O3/c1-10(2)18-9-13(21-15(18)20)8-17-14(19)7-11-4-3-5-12(16)6-11/h3-6,10,13H,7-9H2,1-2H3,(H,17,19). The van der Waals surface area contributed by atoms with Crippen molar-refractivity contribution >= 4 is 23.6 Å². The number of halogens is 1. The number of cyclic esters (lactones) is 1. The lowest BCUT2D eigenvalue weighted by molar-refractivity contribution is -0.120. The summed E-state index contributed by atoms with van der Waals surface area (Å²) in [4.78, 5) is 25.1. The predicted octanol–water partition coefficient (Wildman–Crippen LogP) is 2.23. The molecule has 0 spiro atoms. The largest absolute Gasteiger partial charge is 0.442 e. The maximum atomic E-state index is 11.9. The van der Waals surface area contributed by atoms with Crippen LogP contribution in [-0.2, 0) is 16.0 Å². The molecule has 6 heteroatoms. The van der Waals surface area contributed by atoms with E-state index in [4.69, 9.17) is 16.3 Å². The molecule has 1 aliphatic heterocycles. The lowest BCUT2D eigenvalue weighted by Gasteiger charge is -2.16. The van der Waals surface area contributed by atoms with Crippen LogP contribution in [0.4, 0.5) is 4.79 Å². The molecule has 1 N–H and O–H groups in total. The number of nitrogens with zero attached hydrogens (tertiary/aromatic N) is 1. The molecule has 0 aromatic heterocycles. The van der Waals surface area contributed by atoms with Crippen molar-refractivity contribution in [2.75, 3.05) is 13.1 Å². The molecule has 0 bridgehead atoms. The zero-order valence-corrected chi connectivity index (χ0v) is 12.9. The first-order valence-electron chi connectivity index (χ1n) is 6.94. The molecule has 1 saturated heterocycles. The van der Waals surface area contributed by atoms with Crippen LogP contribution in [0.1, 0.15) is 19.4 Å². The van der Waals surface area contributed by atoms with Crippen molar-refractivity contribution in [3.8, 4) is 0 Å². The van der Waals surface area contributed by atoms with Gasteiger partial charge in [0.05, 0.1) is 19.5 Å². The Morgan fingerprint density at radius 3 is 2.90 bits per heavy atom. The van der Waals surface area contributed by atoms with Crippen molar-refractivity contribution < 1.29 is 14.3 Å². The van der Waals surface area contributed by atoms with E-state index in [0.29, 0.717) is 18.1 Å². The second kappa shape index (κ2) is 6.80. The molecule has 1 aromatic rings. The summed E-state index contributed by atoms with van der Waals surface area (Å²) in [5.74, 6) is -0.115. The van der Waals surface area contributed by atoms with Crippen LogP contribution in [-0.4, -0.2) is 42.1 Å². The normalized spacial score (nSPS) is 18.0. The first-order valence-corrected chi connectivity index (χ1v) is 7.32. The first kappa shape index (κ1) is 15.6. The van der Waals surface area contributed by atoms with Crippen molar-refractivity contribution in [3.63, 3.8) is 0 Å². The second-order valence-corrected chi connectivity index (χ2v) is 5.80. The van der Waals surface area contributed by atoms with Crippen molar-refractivity contribution in [3.05, 3.63) is 34.9 Å². The monoisotopic (exact) mass is 310 g/mol. The number of carbonyl (C=O) groups excluding carboxylic acids is 2. The molecule has 2 amide bonds. The van der Waals surface area contributed by atoms with Gasteiger partial charge in [0.2, 0.25) is 5.91 Å². The maximum absolute atomic E-state index is 11.9. The second-order valence-electron chi connectivity index (χ2n) is 5.36. The highest BCUT2D eigenvalue weighted by molar-refractivity contribution is 6.30. The van der Waals surface area contributed by atoms with Gasteiger partial charge in [-0.25, -0.2) is 4.79 Å². The van der Waals surface area contributed by atoms with Crippen LogP contribution in [0, 0.1) is 0 Å². The van der Waals surface area contributed by atoms with Gasteiger partial charge in [-0.15, -0.1) is 0 Å². The number of nitrogens with one attached hydrogen (secondary N) is 1. The Morgan fingerprint density at radius 1 is 1.52 bits per heavy atom. The van der Waals surface area contributed by atoms with E-state index in [1.165, 1.54) is 0 Å². The van der Waals surface area contributed by atoms with Gasteiger partial charge in [-0.1, -0.05) is 23.7 Å². The summed E-state index contributed by atoms with van der Waals surface area (Å²) in [5.41, 5.74) is 0.854. The molecular weight excluding hydrogens is 292 g/mol. The van der Waals surface area contributed by atoms with E-state index in [1.807, 2.05) is 26.0 Å². The first-order chi connectivity index (χ1) is 9.95. The Labute approximate surface area is 129 Å². The Kier molecular flexibility index (Phi) is 5.07. The Hall–Kier alpha value is -1.75. The fourth-order valence-corrected chi connectivity index (χ4v) is 2.40. The van der Waals surface area contributed by atoms with Crippen LogP contribution in [0.2, 0.25) is 5.02 Å². The van der Waals surface area contributed by atoms with Crippen molar-refractivity contribution in [2.45, 2.75) is 32.4 Å². The number of hydrogen-bond donors (Lipinski definition) is 1. The average molecular weight is 311 g/mol. The topological polar surface area (TPSA) is 58.6 Å². The van der Waals surface area contributed by atoms with E-state index in [-0.39, 0.29) is 30.6 Å². The highest BCUT2D eigenvalue weighted by Gasteiger charge is 2.32. The number of carbonyl (C=O) groups is 2. The molecule has 1 unspecified atom stereocenters. The highest BCUT2D eigenvalue weighted by Crippen LogP contribution is 2.14. The Balaban J connectivity index is 1.79. The minimum absolute atomic E-state index is 0.102. The SMILES string of the molecule is CC(C)N1CC(CNC(=O)Cc2cccc(Cl)c2)OC1=O. The summed E-state index contributed by atoms with van der Waals surface area (Å²) in [5, 5.41) is 3.40. The Morgan fingerprint density at radius 2 is 2.29 bits per heavy atom. The summed E-state index contributed by atoms with van der Waals surface area (Å²) in [6.45, 7) is 4.70. The lowest BCUT2D eigenvalue weighted by atomic mass is 10.1. The number of benzene rings is 1. The number of ether oxygens (including phenoxy) is 1. The van der Waals surface area contributed by atoms with Gasteiger partial charge in [-0.05, 0) is 31.5 Å². The quantitative estimate of drug-likeness (QED) is 0.907. The lowest BCUT2D eigenvalue weighted by Crippen LogP contribution is -2.36. The van der Waals surface area contributed by atoms with E-state index >= 15 is 0 Å². The summed E-state index contributed by atoms with van der Waals surface area (Å²) in [6.07, 6.45) is -0.350. The molecule has 114 valence electrons. The number of amides is 2. The zero-order valence-electron chi connectivity index (χ0n) is 12.1. The van der Waals surface area contributed by atoms with Crippen molar-refractivity contribution in [2.24, 2.45) is 0 Å². The third-order valence-corrected chi connectivity index (χ3v) is 3.54. The van der Waals surface area contributed by atoms with Crippen LogP contribution < -0.4 is 5.32 Å². The summed E-state index contributed by atoms with van der Waals surface area (Å²) >= 11 is 5.88. The van der Waals surface area contributed by atoms with Crippen LogP contribution >= 0.6 is 11.6 Å². The predicted molar refractivity (Wildman–Crippen MR) is 80.3 cm³/mol. The highest BCUT2D eigenvalue weighted by atomic mass is 35.5. The smallest absolute Gasteiger partial charge is 0.410 e. The third-order valence-electron chi connectivity index (χ3n) is 3.31. The van der Waals surface area contributed by atoms with Gasteiger partial charge < -0.3 is 15.0 Å². The maximum Gasteiger partial charge on any atom is 0.410 e. The minimum Gasteiger partial charge on any atom is -0.442 e. The number of hydrogen-bond acceptors (Lipinski definition) is 3. The summed E-state index contributed by atoms with van der Waals surface area (Å²) in [6, 6.07) is 7.29. The third kappa shape index (κ3) is 4.36. The van der Waals surface area contributed by atoms with Gasteiger partial charge in [0.1, 0.15) is 6.10 Å². The van der Waals surface area contributed by atoms with E-state index in [0.717, 1.165) is 5.56 Å². The van der Waals surface area contributed by atoms with Crippen LogP contribution in [0.3, 0.4) is 0 Å². The molecule has 1 aliphatic rings. The van der Waals surface area contributed by atoms with Gasteiger partial charge in [0.25, 0.3) is 0 Å². The molecule has 0 aliphatic carbocycles. The van der Waals surface area contributed by atoms with Crippen LogP contribution in [0.25, 0.3) is 0 Å². The molecule has 1 atom stereocenters. The van der Waals surface area contributed by atoms with Gasteiger partial charge in [-0.2, -0.15) is 0 Å². The molecular formula is C15H19ClN2O3. The zero-order chi connectivity index (χ0) is 15.4. The molecule has 2 rings (SSSR count). The molecule has 21 heavy (non-hydrogen) atoms. The molecule has 0 saturated carbocycles. The summed E-state index contributed by atoms with van der Waals surface area (Å²) < 4.78 is 5.21. The van der Waals surface area contributed by atoms with Crippen molar-refractivity contribution in [1.82, 2.24) is 10.2 Å². The fourth-order valence-electron chi connectivity index (χ4n) is 2.19. The van der Waals surface area contributed by atoms with E-state index in [9.17, 15) is 9.59 Å². The summed E-state index contributed by atoms with van der Waals surface area (Å²) in [7, 11) is 0. The molecule has 5 nitrogen and oxygen atoms in total. The van der Waals surface area contributed by atoms with Gasteiger partial charge >= 0.3 is 6.09 Å². The molecule has 1 aromatic carbocycles. The van der Waals surface area contributed by atoms with Crippen LogP contribution in [0.5, 0.6) is 0 Å². The molecule has 1 heterocycles. The number of rotatable bonds is 5. The van der Waals surface area contributed by atoms with Gasteiger partial charge in [0.15, 0.2) is 0 Å². The minimum atomic E-state index is -0.320. The Bertz CT molecular complexity index is 533. The fraction of sp³-hybridized carbons (Fsp3) is 0.467. The molecule has 1 fully saturated rings. The van der Waals surface area contributed by atoms with Gasteiger partial charge in [-0.3, -0.25) is 4.79 Å². The van der Waals surface area contributed by atoms with E-state index in [1.54, 1.807) is 17.0 Å². The van der Waals surface area contributed by atoms with E-state index in [2.05, 4.69) is 5.32 Å².